The first-order valence-corrected chi connectivity index (χ1v) is 6.59. The van der Waals surface area contributed by atoms with Gasteiger partial charge in [0.1, 0.15) is 0 Å². The molecule has 5 nitrogen and oxygen atoms in total. The third-order valence-electron chi connectivity index (χ3n) is 2.86. The average molecular weight is 303 g/mol. The molecule has 1 aliphatic heterocycles. The van der Waals surface area contributed by atoms with Crippen molar-refractivity contribution in [2.75, 3.05) is 6.79 Å². The van der Waals surface area contributed by atoms with E-state index in [4.69, 9.17) is 21.1 Å². The van der Waals surface area contributed by atoms with Crippen LogP contribution in [-0.4, -0.2) is 18.9 Å². The number of carbonyl (C=O) groups excluding carboxylic acids is 1. The highest BCUT2D eigenvalue weighted by atomic mass is 35.5. The summed E-state index contributed by atoms with van der Waals surface area (Å²) in [5.74, 6) is 0.863. The Morgan fingerprint density at radius 3 is 2.90 bits per heavy atom. The summed E-state index contributed by atoms with van der Waals surface area (Å²) in [5, 5.41) is 4.51. The van der Waals surface area contributed by atoms with Crippen LogP contribution in [0.5, 0.6) is 11.5 Å². The molecule has 3 rings (SSSR count). The van der Waals surface area contributed by atoms with Crippen LogP contribution >= 0.6 is 11.6 Å². The minimum atomic E-state index is -0.327. The third-order valence-corrected chi connectivity index (χ3v) is 3.10. The van der Waals surface area contributed by atoms with Gasteiger partial charge in [-0.1, -0.05) is 23.7 Å². The van der Waals surface area contributed by atoms with Crippen LogP contribution in [0, 0.1) is 0 Å². The van der Waals surface area contributed by atoms with Crippen molar-refractivity contribution >= 4 is 23.7 Å². The standard InChI is InChI=1S/C15H11ClN2O3/c16-12-3-1-2-10(6-12)8-17-18-15(19)11-4-5-13-14(7-11)21-9-20-13/h1-8H,9H2,(H,18,19)/b17-8+. The van der Waals surface area contributed by atoms with Crippen LogP contribution in [0.25, 0.3) is 0 Å². The molecule has 0 fully saturated rings. The molecule has 0 aliphatic carbocycles. The van der Waals surface area contributed by atoms with Gasteiger partial charge in [-0.2, -0.15) is 5.10 Å². The molecule has 0 aromatic heterocycles. The van der Waals surface area contributed by atoms with Crippen molar-refractivity contribution in [3.05, 3.63) is 58.6 Å². The van der Waals surface area contributed by atoms with E-state index >= 15 is 0 Å². The van der Waals surface area contributed by atoms with Crippen molar-refractivity contribution in [3.63, 3.8) is 0 Å². The molecule has 0 spiro atoms. The second-order valence-electron chi connectivity index (χ2n) is 4.32. The van der Waals surface area contributed by atoms with E-state index in [-0.39, 0.29) is 12.7 Å². The van der Waals surface area contributed by atoms with Gasteiger partial charge in [0.05, 0.1) is 6.21 Å². The predicted molar refractivity (Wildman–Crippen MR) is 79.1 cm³/mol. The van der Waals surface area contributed by atoms with Crippen LogP contribution in [0.2, 0.25) is 5.02 Å². The number of ether oxygens (including phenoxy) is 2. The fourth-order valence-electron chi connectivity index (χ4n) is 1.85. The van der Waals surface area contributed by atoms with E-state index in [0.717, 1.165) is 5.56 Å². The van der Waals surface area contributed by atoms with Gasteiger partial charge in [0.25, 0.3) is 5.91 Å². The lowest BCUT2D eigenvalue weighted by Crippen LogP contribution is -2.17. The first-order valence-electron chi connectivity index (χ1n) is 6.21. The lowest BCUT2D eigenvalue weighted by atomic mass is 10.2. The number of hydrogen-bond donors (Lipinski definition) is 1. The Hall–Kier alpha value is -2.53. The molecule has 1 heterocycles. The number of rotatable bonds is 3. The zero-order valence-corrected chi connectivity index (χ0v) is 11.6. The van der Waals surface area contributed by atoms with Gasteiger partial charge in [-0.05, 0) is 35.9 Å². The molecule has 6 heteroatoms. The van der Waals surface area contributed by atoms with Crippen molar-refractivity contribution in [3.8, 4) is 11.5 Å². The number of fused-ring (bicyclic) bond motifs is 1. The molecule has 1 N–H and O–H groups in total. The highest BCUT2D eigenvalue weighted by molar-refractivity contribution is 6.30. The monoisotopic (exact) mass is 302 g/mol. The molecule has 2 aromatic carbocycles. The number of halogens is 1. The minimum absolute atomic E-state index is 0.174. The number of hydrogen-bond acceptors (Lipinski definition) is 4. The predicted octanol–water partition coefficient (Wildman–Crippen LogP) is 2.83. The maximum Gasteiger partial charge on any atom is 0.271 e. The molecule has 0 bridgehead atoms. The summed E-state index contributed by atoms with van der Waals surface area (Å²) in [4.78, 5) is 12.0. The molecule has 0 atom stereocenters. The summed E-state index contributed by atoms with van der Waals surface area (Å²) in [6.07, 6.45) is 1.52. The van der Waals surface area contributed by atoms with Crippen molar-refractivity contribution in [2.24, 2.45) is 5.10 Å². The molecule has 2 aromatic rings. The van der Waals surface area contributed by atoms with Crippen LogP contribution in [0.15, 0.2) is 47.6 Å². The Bertz CT molecular complexity index is 716. The SMILES string of the molecule is O=C(N/N=C/c1cccc(Cl)c1)c1ccc2c(c1)OCO2. The molecule has 0 saturated heterocycles. The van der Waals surface area contributed by atoms with E-state index in [1.165, 1.54) is 6.21 Å². The first kappa shape index (κ1) is 13.5. The molecule has 0 radical (unpaired) electrons. The van der Waals surface area contributed by atoms with Crippen LogP contribution in [0.3, 0.4) is 0 Å². The number of hydrazone groups is 1. The number of carbonyl (C=O) groups is 1. The second-order valence-corrected chi connectivity index (χ2v) is 4.76. The summed E-state index contributed by atoms with van der Waals surface area (Å²) in [6.45, 7) is 0.174. The molecule has 1 amide bonds. The maximum atomic E-state index is 12.0. The Balaban J connectivity index is 1.66. The molecule has 21 heavy (non-hydrogen) atoms. The van der Waals surface area contributed by atoms with Gasteiger partial charge in [-0.25, -0.2) is 5.43 Å². The highest BCUT2D eigenvalue weighted by Crippen LogP contribution is 2.32. The Morgan fingerprint density at radius 2 is 2.05 bits per heavy atom. The summed E-state index contributed by atoms with van der Waals surface area (Å²) < 4.78 is 10.4. The van der Waals surface area contributed by atoms with Crippen LogP contribution < -0.4 is 14.9 Å². The number of nitrogens with zero attached hydrogens (tertiary/aromatic N) is 1. The third kappa shape index (κ3) is 3.14. The lowest BCUT2D eigenvalue weighted by Gasteiger charge is -2.01. The number of benzene rings is 2. The topological polar surface area (TPSA) is 59.9 Å². The largest absolute Gasteiger partial charge is 0.454 e. The van der Waals surface area contributed by atoms with Gasteiger partial charge < -0.3 is 9.47 Å². The summed E-state index contributed by atoms with van der Waals surface area (Å²) in [7, 11) is 0. The zero-order valence-electron chi connectivity index (χ0n) is 10.9. The van der Waals surface area contributed by atoms with Crippen molar-refractivity contribution in [1.29, 1.82) is 0 Å². The van der Waals surface area contributed by atoms with E-state index in [9.17, 15) is 4.79 Å². The van der Waals surface area contributed by atoms with Crippen LogP contribution in [0.4, 0.5) is 0 Å². The number of amides is 1. The fourth-order valence-corrected chi connectivity index (χ4v) is 2.05. The first-order chi connectivity index (χ1) is 10.2. The zero-order chi connectivity index (χ0) is 14.7. The van der Waals surface area contributed by atoms with E-state index < -0.39 is 0 Å². The highest BCUT2D eigenvalue weighted by Gasteiger charge is 2.15. The van der Waals surface area contributed by atoms with Gasteiger partial charge in [0, 0.05) is 10.6 Å². The Morgan fingerprint density at radius 1 is 1.19 bits per heavy atom. The molecule has 0 saturated carbocycles. The normalized spacial score (nSPS) is 12.6. The van der Waals surface area contributed by atoms with Gasteiger partial charge in [0.15, 0.2) is 11.5 Å². The summed E-state index contributed by atoms with van der Waals surface area (Å²) in [6, 6.07) is 12.1. The molecule has 106 valence electrons. The lowest BCUT2D eigenvalue weighted by molar-refractivity contribution is 0.0954. The number of nitrogens with one attached hydrogen (secondary N) is 1. The molecular weight excluding hydrogens is 292 g/mol. The van der Waals surface area contributed by atoms with Crippen molar-refractivity contribution in [2.45, 2.75) is 0 Å². The van der Waals surface area contributed by atoms with Crippen LogP contribution in [0.1, 0.15) is 15.9 Å². The average Bonchev–Trinajstić information content (AvgIpc) is 2.94. The fraction of sp³-hybridized carbons (Fsp3) is 0.0667. The van der Waals surface area contributed by atoms with E-state index in [1.807, 2.05) is 12.1 Å². The second kappa shape index (κ2) is 5.85. The quantitative estimate of drug-likeness (QED) is 0.700. The maximum absolute atomic E-state index is 12.0. The smallest absolute Gasteiger partial charge is 0.271 e. The van der Waals surface area contributed by atoms with Gasteiger partial charge in [-0.3, -0.25) is 4.79 Å². The summed E-state index contributed by atoms with van der Waals surface area (Å²) >= 11 is 5.86. The van der Waals surface area contributed by atoms with Gasteiger partial charge >= 0.3 is 0 Å². The minimum Gasteiger partial charge on any atom is -0.454 e. The van der Waals surface area contributed by atoms with E-state index in [0.29, 0.717) is 22.1 Å². The van der Waals surface area contributed by atoms with Crippen molar-refractivity contribution in [1.82, 2.24) is 5.43 Å². The van der Waals surface area contributed by atoms with Gasteiger partial charge in [0.2, 0.25) is 6.79 Å². The summed E-state index contributed by atoms with van der Waals surface area (Å²) in [5.41, 5.74) is 3.70. The van der Waals surface area contributed by atoms with E-state index in [2.05, 4.69) is 10.5 Å². The van der Waals surface area contributed by atoms with Gasteiger partial charge in [-0.15, -0.1) is 0 Å². The van der Waals surface area contributed by atoms with E-state index in [1.54, 1.807) is 30.3 Å². The van der Waals surface area contributed by atoms with Crippen molar-refractivity contribution < 1.29 is 14.3 Å². The Labute approximate surface area is 126 Å². The van der Waals surface area contributed by atoms with Crippen LogP contribution in [-0.2, 0) is 0 Å². The Kier molecular flexibility index (Phi) is 3.75. The molecule has 0 unspecified atom stereocenters. The molecular formula is C15H11ClN2O3. The molecule has 1 aliphatic rings.